The van der Waals surface area contributed by atoms with Crippen molar-refractivity contribution in [3.05, 3.63) is 80.0 Å². The first-order chi connectivity index (χ1) is 14.8. The minimum absolute atomic E-state index is 0.156. The average Bonchev–Trinajstić information content (AvgIpc) is 3.22. The SMILES string of the molecule is COc1ccc(-c2ccc(/C=C(\C#N)C(=O)Nc3cc(Cl)ccc3Cl)o2)c([N+](=O)[O-])c1. The van der Waals surface area contributed by atoms with Crippen molar-refractivity contribution in [2.24, 2.45) is 0 Å². The van der Waals surface area contributed by atoms with Gasteiger partial charge in [-0.15, -0.1) is 0 Å². The molecule has 0 unspecified atom stereocenters. The van der Waals surface area contributed by atoms with Gasteiger partial charge in [-0.25, -0.2) is 0 Å². The molecule has 3 aromatic rings. The minimum atomic E-state index is -0.722. The van der Waals surface area contributed by atoms with E-state index in [1.165, 1.54) is 49.6 Å². The fraction of sp³-hybridized carbons (Fsp3) is 0.0476. The Bertz CT molecular complexity index is 1240. The van der Waals surface area contributed by atoms with Crippen molar-refractivity contribution in [1.82, 2.24) is 0 Å². The van der Waals surface area contributed by atoms with Gasteiger partial charge in [0.15, 0.2) is 0 Å². The first kappa shape index (κ1) is 21.9. The molecular weight excluding hydrogens is 445 g/mol. The number of rotatable bonds is 6. The number of halogens is 2. The van der Waals surface area contributed by atoms with E-state index >= 15 is 0 Å². The van der Waals surface area contributed by atoms with Crippen molar-refractivity contribution >= 4 is 46.6 Å². The molecule has 3 rings (SSSR count). The summed E-state index contributed by atoms with van der Waals surface area (Å²) < 4.78 is 10.6. The zero-order chi connectivity index (χ0) is 22.5. The van der Waals surface area contributed by atoms with Crippen LogP contribution in [0, 0.1) is 21.4 Å². The monoisotopic (exact) mass is 457 g/mol. The number of hydrogen-bond acceptors (Lipinski definition) is 6. The summed E-state index contributed by atoms with van der Waals surface area (Å²) in [6.07, 6.45) is 1.21. The molecule has 1 N–H and O–H groups in total. The van der Waals surface area contributed by atoms with Crippen LogP contribution >= 0.6 is 23.2 Å². The van der Waals surface area contributed by atoms with Gasteiger partial charge in [-0.1, -0.05) is 23.2 Å². The number of benzene rings is 2. The molecule has 1 aromatic heterocycles. The molecule has 0 bridgehead atoms. The van der Waals surface area contributed by atoms with Crippen LogP contribution in [0.5, 0.6) is 5.75 Å². The molecule has 0 spiro atoms. The van der Waals surface area contributed by atoms with Crippen molar-refractivity contribution in [3.63, 3.8) is 0 Å². The van der Waals surface area contributed by atoms with Gasteiger partial charge in [-0.2, -0.15) is 5.26 Å². The van der Waals surface area contributed by atoms with E-state index in [9.17, 15) is 20.2 Å². The highest BCUT2D eigenvalue weighted by atomic mass is 35.5. The Hall–Kier alpha value is -3.80. The zero-order valence-electron chi connectivity index (χ0n) is 15.9. The summed E-state index contributed by atoms with van der Waals surface area (Å²) in [6, 6.07) is 13.6. The predicted molar refractivity (Wildman–Crippen MR) is 116 cm³/mol. The van der Waals surface area contributed by atoms with Crippen LogP contribution in [0.25, 0.3) is 17.4 Å². The van der Waals surface area contributed by atoms with Crippen LogP contribution in [0.2, 0.25) is 10.0 Å². The highest BCUT2D eigenvalue weighted by Gasteiger charge is 2.20. The van der Waals surface area contributed by atoms with Gasteiger partial charge in [-0.3, -0.25) is 14.9 Å². The molecule has 1 amide bonds. The number of nitriles is 1. The van der Waals surface area contributed by atoms with Crippen LogP contribution in [-0.2, 0) is 4.79 Å². The van der Waals surface area contributed by atoms with E-state index < -0.39 is 10.8 Å². The van der Waals surface area contributed by atoms with Crippen molar-refractivity contribution < 1.29 is 18.9 Å². The Labute approximate surface area is 186 Å². The zero-order valence-corrected chi connectivity index (χ0v) is 17.4. The van der Waals surface area contributed by atoms with E-state index in [1.807, 2.05) is 0 Å². The Morgan fingerprint density at radius 3 is 2.68 bits per heavy atom. The summed E-state index contributed by atoms with van der Waals surface area (Å²) in [5.41, 5.74) is -0.00678. The molecular formula is C21H13Cl2N3O5. The third kappa shape index (κ3) is 5.04. The summed E-state index contributed by atoms with van der Waals surface area (Å²) >= 11 is 11.9. The Morgan fingerprint density at radius 1 is 1.23 bits per heavy atom. The van der Waals surface area contributed by atoms with Crippen LogP contribution in [-0.4, -0.2) is 17.9 Å². The number of carbonyl (C=O) groups is 1. The summed E-state index contributed by atoms with van der Waals surface area (Å²) in [7, 11) is 1.40. The van der Waals surface area contributed by atoms with E-state index in [-0.39, 0.29) is 39.1 Å². The number of carbonyl (C=O) groups excluding carboxylic acids is 1. The first-order valence-corrected chi connectivity index (χ1v) is 9.39. The second-order valence-corrected chi connectivity index (χ2v) is 6.93. The van der Waals surface area contributed by atoms with Crippen molar-refractivity contribution in [2.75, 3.05) is 12.4 Å². The standard InChI is InChI=1S/C21H13Cl2N3O5/c1-30-14-3-5-16(19(10-14)26(28)29)20-7-4-15(31-20)8-12(11-24)21(27)25-18-9-13(22)2-6-17(18)23/h2-10H,1H3,(H,25,27)/b12-8+. The third-order valence-corrected chi connectivity index (χ3v) is 4.69. The number of hydrogen-bond donors (Lipinski definition) is 1. The number of anilines is 1. The first-order valence-electron chi connectivity index (χ1n) is 8.63. The van der Waals surface area contributed by atoms with Crippen LogP contribution in [0.4, 0.5) is 11.4 Å². The van der Waals surface area contributed by atoms with Gasteiger partial charge < -0.3 is 14.5 Å². The molecule has 0 saturated carbocycles. The third-order valence-electron chi connectivity index (χ3n) is 4.12. The van der Waals surface area contributed by atoms with Crippen LogP contribution in [0.3, 0.4) is 0 Å². The summed E-state index contributed by atoms with van der Waals surface area (Å²) in [6.45, 7) is 0. The van der Waals surface area contributed by atoms with E-state index in [1.54, 1.807) is 18.2 Å². The van der Waals surface area contributed by atoms with Crippen molar-refractivity contribution in [1.29, 1.82) is 5.26 Å². The molecule has 0 aliphatic carbocycles. The van der Waals surface area contributed by atoms with Gasteiger partial charge in [-0.05, 0) is 42.5 Å². The number of nitrogens with one attached hydrogen (secondary N) is 1. The summed E-state index contributed by atoms with van der Waals surface area (Å²) in [4.78, 5) is 23.3. The van der Waals surface area contributed by atoms with Gasteiger partial charge in [0.05, 0.1) is 34.4 Å². The number of methoxy groups -OCH3 is 1. The van der Waals surface area contributed by atoms with E-state index in [0.29, 0.717) is 10.8 Å². The molecule has 31 heavy (non-hydrogen) atoms. The number of nitrogens with zero attached hydrogens (tertiary/aromatic N) is 2. The van der Waals surface area contributed by atoms with Gasteiger partial charge >= 0.3 is 0 Å². The molecule has 10 heteroatoms. The average molecular weight is 458 g/mol. The van der Waals surface area contributed by atoms with E-state index in [2.05, 4.69) is 5.32 Å². The number of furan rings is 1. The summed E-state index contributed by atoms with van der Waals surface area (Å²) in [5, 5.41) is 23.9. The molecule has 2 aromatic carbocycles. The Balaban J connectivity index is 1.89. The lowest BCUT2D eigenvalue weighted by atomic mass is 10.1. The maximum absolute atomic E-state index is 12.5. The van der Waals surface area contributed by atoms with Crippen molar-refractivity contribution in [2.45, 2.75) is 0 Å². The fourth-order valence-electron chi connectivity index (χ4n) is 2.65. The normalized spacial score (nSPS) is 11.0. The van der Waals surface area contributed by atoms with Crippen LogP contribution in [0.15, 0.2) is 58.5 Å². The lowest BCUT2D eigenvalue weighted by Crippen LogP contribution is -2.13. The Kier molecular flexibility index (Phi) is 6.60. The number of ether oxygens (including phenoxy) is 1. The summed E-state index contributed by atoms with van der Waals surface area (Å²) in [5.74, 6) is -0.0505. The molecule has 0 radical (unpaired) electrons. The quantitative estimate of drug-likeness (QED) is 0.219. The maximum Gasteiger partial charge on any atom is 0.284 e. The van der Waals surface area contributed by atoms with Gasteiger partial charge in [0.2, 0.25) is 0 Å². The van der Waals surface area contributed by atoms with E-state index in [4.69, 9.17) is 32.4 Å². The molecule has 0 saturated heterocycles. The molecule has 8 nitrogen and oxygen atoms in total. The second kappa shape index (κ2) is 9.34. The lowest BCUT2D eigenvalue weighted by molar-refractivity contribution is -0.384. The molecule has 0 aliphatic heterocycles. The molecule has 0 atom stereocenters. The van der Waals surface area contributed by atoms with Gasteiger partial charge in [0, 0.05) is 11.1 Å². The molecule has 0 aliphatic rings. The predicted octanol–water partition coefficient (Wildman–Crippen LogP) is 5.72. The van der Waals surface area contributed by atoms with Crippen molar-refractivity contribution in [3.8, 4) is 23.1 Å². The van der Waals surface area contributed by atoms with Crippen LogP contribution in [0.1, 0.15) is 5.76 Å². The minimum Gasteiger partial charge on any atom is -0.497 e. The fourth-order valence-corrected chi connectivity index (χ4v) is 2.98. The van der Waals surface area contributed by atoms with E-state index in [0.717, 1.165) is 0 Å². The van der Waals surface area contributed by atoms with Crippen LogP contribution < -0.4 is 10.1 Å². The lowest BCUT2D eigenvalue weighted by Gasteiger charge is -2.06. The second-order valence-electron chi connectivity index (χ2n) is 6.09. The van der Waals surface area contributed by atoms with Gasteiger partial charge in [0.1, 0.15) is 28.9 Å². The highest BCUT2D eigenvalue weighted by molar-refractivity contribution is 6.36. The number of nitro groups is 1. The molecule has 0 fully saturated rings. The molecule has 156 valence electrons. The topological polar surface area (TPSA) is 118 Å². The Morgan fingerprint density at radius 2 is 2.00 bits per heavy atom. The van der Waals surface area contributed by atoms with Gasteiger partial charge in [0.25, 0.3) is 11.6 Å². The maximum atomic E-state index is 12.5. The smallest absolute Gasteiger partial charge is 0.284 e. The molecule has 1 heterocycles. The number of amides is 1. The number of nitro benzene ring substituents is 1. The largest absolute Gasteiger partial charge is 0.497 e. The highest BCUT2D eigenvalue weighted by Crippen LogP contribution is 2.34.